The molecule has 0 bridgehead atoms. The van der Waals surface area contributed by atoms with E-state index in [0.29, 0.717) is 55.1 Å². The van der Waals surface area contributed by atoms with Gasteiger partial charge >= 0.3 is 0 Å². The molecular weight excluding hydrogens is 387 g/mol. The van der Waals surface area contributed by atoms with E-state index in [9.17, 15) is 14.0 Å². The zero-order valence-electron chi connectivity index (χ0n) is 17.5. The molecule has 1 saturated heterocycles. The van der Waals surface area contributed by atoms with E-state index in [1.54, 1.807) is 56.4 Å². The smallest absolute Gasteiger partial charge is 0.254 e. The van der Waals surface area contributed by atoms with Gasteiger partial charge in [-0.2, -0.15) is 0 Å². The molecule has 1 N–H and O–H groups in total. The summed E-state index contributed by atoms with van der Waals surface area (Å²) in [5.41, 5.74) is 1.92. The number of methoxy groups -OCH3 is 2. The first-order chi connectivity index (χ1) is 14.4. The van der Waals surface area contributed by atoms with E-state index in [0.717, 1.165) is 5.56 Å². The summed E-state index contributed by atoms with van der Waals surface area (Å²) in [6, 6.07) is 9.92. The Kier molecular flexibility index (Phi) is 6.92. The summed E-state index contributed by atoms with van der Waals surface area (Å²) in [6.45, 7) is 3.08. The molecule has 0 spiro atoms. The quantitative estimate of drug-likeness (QED) is 0.788. The molecule has 0 aliphatic carbocycles. The Morgan fingerprint density at radius 3 is 2.27 bits per heavy atom. The van der Waals surface area contributed by atoms with Crippen LogP contribution in [0.5, 0.6) is 11.5 Å². The van der Waals surface area contributed by atoms with Crippen molar-refractivity contribution in [3.05, 3.63) is 58.9 Å². The number of hydrogen-bond acceptors (Lipinski definition) is 4. The van der Waals surface area contributed by atoms with Gasteiger partial charge in [0.2, 0.25) is 5.91 Å². The highest BCUT2D eigenvalue weighted by molar-refractivity contribution is 5.95. The van der Waals surface area contributed by atoms with Crippen LogP contribution in [0.2, 0.25) is 0 Å². The highest BCUT2D eigenvalue weighted by atomic mass is 19.1. The summed E-state index contributed by atoms with van der Waals surface area (Å²) in [7, 11) is 3.08. The number of ether oxygens (including phenoxy) is 2. The van der Waals surface area contributed by atoms with Crippen molar-refractivity contribution in [2.75, 3.05) is 27.3 Å². The van der Waals surface area contributed by atoms with Crippen molar-refractivity contribution in [2.24, 2.45) is 5.92 Å². The van der Waals surface area contributed by atoms with Crippen LogP contribution in [0.4, 0.5) is 4.39 Å². The number of halogens is 1. The fraction of sp³-hybridized carbons (Fsp3) is 0.391. The van der Waals surface area contributed by atoms with Gasteiger partial charge in [0, 0.05) is 37.2 Å². The molecule has 0 radical (unpaired) electrons. The molecule has 2 aromatic rings. The van der Waals surface area contributed by atoms with Crippen LogP contribution in [0.15, 0.2) is 36.4 Å². The van der Waals surface area contributed by atoms with Gasteiger partial charge in [0.15, 0.2) is 0 Å². The van der Waals surface area contributed by atoms with Gasteiger partial charge in [0.05, 0.1) is 14.2 Å². The molecule has 30 heavy (non-hydrogen) atoms. The number of hydrogen-bond donors (Lipinski definition) is 1. The zero-order valence-corrected chi connectivity index (χ0v) is 17.5. The van der Waals surface area contributed by atoms with E-state index in [1.807, 2.05) is 0 Å². The number of carbonyl (C=O) groups excluding carboxylic acids is 2. The second kappa shape index (κ2) is 9.61. The molecule has 0 saturated carbocycles. The molecule has 0 atom stereocenters. The normalized spacial score (nSPS) is 14.3. The average molecular weight is 414 g/mol. The van der Waals surface area contributed by atoms with Crippen molar-refractivity contribution in [1.29, 1.82) is 0 Å². The molecule has 2 amide bonds. The van der Waals surface area contributed by atoms with Gasteiger partial charge < -0.3 is 19.7 Å². The van der Waals surface area contributed by atoms with Gasteiger partial charge in [-0.15, -0.1) is 0 Å². The van der Waals surface area contributed by atoms with Gasteiger partial charge in [-0.05, 0) is 49.1 Å². The van der Waals surface area contributed by atoms with Gasteiger partial charge in [0.25, 0.3) is 5.91 Å². The third kappa shape index (κ3) is 5.09. The topological polar surface area (TPSA) is 67.9 Å². The van der Waals surface area contributed by atoms with Crippen molar-refractivity contribution in [3.63, 3.8) is 0 Å². The van der Waals surface area contributed by atoms with Gasteiger partial charge in [0.1, 0.15) is 17.3 Å². The van der Waals surface area contributed by atoms with Gasteiger partial charge in [-0.1, -0.05) is 12.1 Å². The molecule has 0 aromatic heterocycles. The molecule has 3 rings (SSSR count). The SMILES string of the molecule is COc1cc(OC)cc(C(=O)N2CCC(C(=O)NCc3ccc(F)c(C)c3)CC2)c1. The van der Waals surface area contributed by atoms with E-state index >= 15 is 0 Å². The molecule has 1 aliphatic heterocycles. The first kappa shape index (κ1) is 21.6. The van der Waals surface area contributed by atoms with Gasteiger partial charge in [-0.25, -0.2) is 4.39 Å². The van der Waals surface area contributed by atoms with E-state index in [2.05, 4.69) is 5.32 Å². The predicted octanol–water partition coefficient (Wildman–Crippen LogP) is 3.32. The highest BCUT2D eigenvalue weighted by Crippen LogP contribution is 2.25. The Labute approximate surface area is 176 Å². The van der Waals surface area contributed by atoms with Crippen LogP contribution in [0, 0.1) is 18.7 Å². The first-order valence-electron chi connectivity index (χ1n) is 9.96. The summed E-state index contributed by atoms with van der Waals surface area (Å²) < 4.78 is 23.8. The third-order valence-corrected chi connectivity index (χ3v) is 5.44. The number of nitrogens with one attached hydrogen (secondary N) is 1. The van der Waals surface area contributed by atoms with E-state index in [-0.39, 0.29) is 23.5 Å². The van der Waals surface area contributed by atoms with E-state index in [1.165, 1.54) is 6.07 Å². The number of piperidine rings is 1. The Balaban J connectivity index is 1.54. The Morgan fingerprint density at radius 1 is 1.07 bits per heavy atom. The van der Waals surface area contributed by atoms with E-state index in [4.69, 9.17) is 9.47 Å². The van der Waals surface area contributed by atoms with Crippen molar-refractivity contribution in [3.8, 4) is 11.5 Å². The zero-order chi connectivity index (χ0) is 21.7. The lowest BCUT2D eigenvalue weighted by Crippen LogP contribution is -2.42. The monoisotopic (exact) mass is 414 g/mol. The van der Waals surface area contributed by atoms with Crippen molar-refractivity contribution >= 4 is 11.8 Å². The minimum Gasteiger partial charge on any atom is -0.497 e. The van der Waals surface area contributed by atoms with Crippen molar-refractivity contribution in [1.82, 2.24) is 10.2 Å². The summed E-state index contributed by atoms with van der Waals surface area (Å²) in [5, 5.41) is 2.92. The molecular formula is C23H27FN2O4. The summed E-state index contributed by atoms with van der Waals surface area (Å²) in [6.07, 6.45) is 1.20. The Morgan fingerprint density at radius 2 is 1.70 bits per heavy atom. The van der Waals surface area contributed by atoms with E-state index < -0.39 is 0 Å². The molecule has 160 valence electrons. The molecule has 2 aromatic carbocycles. The molecule has 1 aliphatic rings. The first-order valence-corrected chi connectivity index (χ1v) is 9.96. The lowest BCUT2D eigenvalue weighted by atomic mass is 9.95. The van der Waals surface area contributed by atoms with Crippen LogP contribution in [-0.4, -0.2) is 44.0 Å². The Hall–Kier alpha value is -3.09. The number of nitrogens with zero attached hydrogens (tertiary/aromatic N) is 1. The molecule has 0 unspecified atom stereocenters. The number of aryl methyl sites for hydroxylation is 1. The number of carbonyl (C=O) groups is 2. The van der Waals surface area contributed by atoms with Crippen LogP contribution >= 0.6 is 0 Å². The number of benzene rings is 2. The maximum absolute atomic E-state index is 13.4. The van der Waals surface area contributed by atoms with Crippen LogP contribution in [0.3, 0.4) is 0 Å². The fourth-order valence-corrected chi connectivity index (χ4v) is 3.61. The minimum atomic E-state index is -0.254. The third-order valence-electron chi connectivity index (χ3n) is 5.44. The average Bonchev–Trinajstić information content (AvgIpc) is 2.78. The predicted molar refractivity (Wildman–Crippen MR) is 111 cm³/mol. The minimum absolute atomic E-state index is 0.0351. The standard InChI is InChI=1S/C23H27FN2O4/c1-15-10-16(4-5-21(15)24)14-25-22(27)17-6-8-26(9-7-17)23(28)18-11-19(29-2)13-20(12-18)30-3/h4-5,10-13,17H,6-9,14H2,1-3H3,(H,25,27). The second-order valence-electron chi connectivity index (χ2n) is 7.47. The highest BCUT2D eigenvalue weighted by Gasteiger charge is 2.28. The number of likely N-dealkylation sites (tertiary alicyclic amines) is 1. The number of rotatable bonds is 6. The lowest BCUT2D eigenvalue weighted by molar-refractivity contribution is -0.126. The van der Waals surface area contributed by atoms with Crippen LogP contribution in [0.25, 0.3) is 0 Å². The van der Waals surface area contributed by atoms with Crippen LogP contribution in [0.1, 0.15) is 34.3 Å². The molecule has 7 heteroatoms. The molecule has 1 heterocycles. The van der Waals surface area contributed by atoms with Crippen molar-refractivity contribution in [2.45, 2.75) is 26.3 Å². The Bertz CT molecular complexity index is 901. The van der Waals surface area contributed by atoms with Crippen LogP contribution in [-0.2, 0) is 11.3 Å². The number of amides is 2. The second-order valence-corrected chi connectivity index (χ2v) is 7.47. The van der Waals surface area contributed by atoms with Crippen LogP contribution < -0.4 is 14.8 Å². The molecule has 6 nitrogen and oxygen atoms in total. The largest absolute Gasteiger partial charge is 0.497 e. The summed E-state index contributed by atoms with van der Waals surface area (Å²) >= 11 is 0. The van der Waals surface area contributed by atoms with Gasteiger partial charge in [-0.3, -0.25) is 9.59 Å². The van der Waals surface area contributed by atoms with Crippen molar-refractivity contribution < 1.29 is 23.5 Å². The lowest BCUT2D eigenvalue weighted by Gasteiger charge is -2.31. The maximum Gasteiger partial charge on any atom is 0.254 e. The fourth-order valence-electron chi connectivity index (χ4n) is 3.61. The summed E-state index contributed by atoms with van der Waals surface area (Å²) in [4.78, 5) is 27.1. The summed E-state index contributed by atoms with van der Waals surface area (Å²) in [5.74, 6) is 0.581. The molecule has 1 fully saturated rings. The maximum atomic E-state index is 13.4.